The fourth-order valence-corrected chi connectivity index (χ4v) is 5.40. The number of carbonyl (C=O) groups excluding carboxylic acids is 2. The first-order valence-corrected chi connectivity index (χ1v) is 12.8. The standard InChI is InChI=1S/C26H45N3O4/c1-17(2)22(16-19(5)26(32)33)28(6)25(31)23(20-12-8-7-9-13-20)27-24(30)21-14-10-11-15-29(21)18(3)4/h16-18,20-23H,7-15H2,1-6H3,(H,27,30)(H,32,33)/b19-16+/t21?,22-,23+/m1/s1. The van der Waals surface area contributed by atoms with Crippen molar-refractivity contribution in [2.45, 2.75) is 110 Å². The maximum Gasteiger partial charge on any atom is 0.331 e. The van der Waals surface area contributed by atoms with Crippen molar-refractivity contribution in [1.82, 2.24) is 15.1 Å². The molecule has 0 aromatic rings. The summed E-state index contributed by atoms with van der Waals surface area (Å²) in [4.78, 5) is 42.6. The molecule has 2 rings (SSSR count). The lowest BCUT2D eigenvalue weighted by molar-refractivity contribution is -0.141. The van der Waals surface area contributed by atoms with Crippen molar-refractivity contribution >= 4 is 17.8 Å². The molecule has 2 amide bonds. The largest absolute Gasteiger partial charge is 0.478 e. The number of nitrogens with zero attached hydrogens (tertiary/aromatic N) is 2. The molecule has 188 valence electrons. The molecule has 1 saturated carbocycles. The number of aliphatic carboxylic acids is 1. The van der Waals surface area contributed by atoms with Crippen molar-refractivity contribution in [3.8, 4) is 0 Å². The van der Waals surface area contributed by atoms with Gasteiger partial charge < -0.3 is 15.3 Å². The Morgan fingerprint density at radius 2 is 1.61 bits per heavy atom. The van der Waals surface area contributed by atoms with Crippen molar-refractivity contribution in [2.75, 3.05) is 13.6 Å². The van der Waals surface area contributed by atoms with Crippen LogP contribution in [0.25, 0.3) is 0 Å². The van der Waals surface area contributed by atoms with Gasteiger partial charge in [0.25, 0.3) is 0 Å². The van der Waals surface area contributed by atoms with Crippen LogP contribution in [0.3, 0.4) is 0 Å². The summed E-state index contributed by atoms with van der Waals surface area (Å²) in [5.41, 5.74) is 0.224. The van der Waals surface area contributed by atoms with Crippen molar-refractivity contribution in [3.05, 3.63) is 11.6 Å². The molecule has 0 radical (unpaired) electrons. The molecular formula is C26H45N3O4. The summed E-state index contributed by atoms with van der Waals surface area (Å²) in [6, 6.07) is -0.836. The lowest BCUT2D eigenvalue weighted by Crippen LogP contribution is -2.59. The number of rotatable bonds is 9. The molecular weight excluding hydrogens is 418 g/mol. The van der Waals surface area contributed by atoms with Gasteiger partial charge in [0.1, 0.15) is 6.04 Å². The quantitative estimate of drug-likeness (QED) is 0.507. The van der Waals surface area contributed by atoms with Crippen molar-refractivity contribution in [1.29, 1.82) is 0 Å². The SMILES string of the molecule is C/C(=C\[C@H](C(C)C)N(C)C(=O)[C@@H](NC(=O)C1CCCCN1C(C)C)C1CCCCC1)C(=O)O. The molecule has 3 atom stereocenters. The van der Waals surface area contributed by atoms with Crippen molar-refractivity contribution in [2.24, 2.45) is 11.8 Å². The van der Waals surface area contributed by atoms with E-state index in [-0.39, 0.29) is 47.3 Å². The number of nitrogens with one attached hydrogen (secondary N) is 1. The number of hydrogen-bond donors (Lipinski definition) is 2. The number of likely N-dealkylation sites (tertiary alicyclic amines) is 1. The van der Waals surface area contributed by atoms with Crippen LogP contribution >= 0.6 is 0 Å². The molecule has 2 N–H and O–H groups in total. The Labute approximate surface area is 200 Å². The first-order chi connectivity index (χ1) is 15.5. The highest BCUT2D eigenvalue weighted by molar-refractivity contribution is 5.90. The fourth-order valence-electron chi connectivity index (χ4n) is 5.40. The Hall–Kier alpha value is -1.89. The highest BCUT2D eigenvalue weighted by Gasteiger charge is 2.38. The van der Waals surface area contributed by atoms with Gasteiger partial charge in [-0.3, -0.25) is 14.5 Å². The minimum Gasteiger partial charge on any atom is -0.478 e. The molecule has 0 bridgehead atoms. The molecule has 1 aliphatic heterocycles. The molecule has 1 heterocycles. The lowest BCUT2D eigenvalue weighted by atomic mass is 9.82. The van der Waals surface area contributed by atoms with Gasteiger partial charge in [0.05, 0.1) is 12.1 Å². The zero-order valence-electron chi connectivity index (χ0n) is 21.5. The van der Waals surface area contributed by atoms with E-state index in [1.807, 2.05) is 13.8 Å². The molecule has 1 unspecified atom stereocenters. The van der Waals surface area contributed by atoms with Crippen LogP contribution in [-0.2, 0) is 14.4 Å². The van der Waals surface area contributed by atoms with Crippen LogP contribution < -0.4 is 5.32 Å². The second-order valence-corrected chi connectivity index (χ2v) is 10.6. The van der Waals surface area contributed by atoms with Gasteiger partial charge in [-0.15, -0.1) is 0 Å². The summed E-state index contributed by atoms with van der Waals surface area (Å²) in [5, 5.41) is 12.5. The maximum absolute atomic E-state index is 13.8. The van der Waals surface area contributed by atoms with Crippen LogP contribution in [0, 0.1) is 11.8 Å². The van der Waals surface area contributed by atoms with Crippen LogP contribution in [0.4, 0.5) is 0 Å². The average molecular weight is 464 g/mol. The van der Waals surface area contributed by atoms with Gasteiger partial charge in [-0.05, 0) is 64.8 Å². The molecule has 33 heavy (non-hydrogen) atoms. The van der Waals surface area contributed by atoms with Gasteiger partial charge in [0, 0.05) is 18.7 Å². The Balaban J connectivity index is 2.28. The monoisotopic (exact) mass is 463 g/mol. The van der Waals surface area contributed by atoms with E-state index < -0.39 is 12.0 Å². The smallest absolute Gasteiger partial charge is 0.331 e. The fraction of sp³-hybridized carbons (Fsp3) is 0.808. The second kappa shape index (κ2) is 12.5. The van der Waals surface area contributed by atoms with E-state index in [1.165, 1.54) is 6.42 Å². The van der Waals surface area contributed by atoms with E-state index in [4.69, 9.17) is 0 Å². The van der Waals surface area contributed by atoms with Gasteiger partial charge in [0.15, 0.2) is 0 Å². The first-order valence-electron chi connectivity index (χ1n) is 12.8. The first kappa shape index (κ1) is 27.4. The third-order valence-corrected chi connectivity index (χ3v) is 7.43. The third kappa shape index (κ3) is 7.29. The molecule has 0 aromatic heterocycles. The van der Waals surface area contributed by atoms with Crippen LogP contribution in [-0.4, -0.2) is 70.4 Å². The maximum atomic E-state index is 13.8. The average Bonchev–Trinajstić information content (AvgIpc) is 2.79. The molecule has 0 aromatic carbocycles. The van der Waals surface area contributed by atoms with Crippen LogP contribution in [0.15, 0.2) is 11.6 Å². The molecule has 2 aliphatic rings. The van der Waals surface area contributed by atoms with Gasteiger partial charge in [-0.2, -0.15) is 0 Å². The summed E-state index contributed by atoms with van der Waals surface area (Å²) in [7, 11) is 1.74. The summed E-state index contributed by atoms with van der Waals surface area (Å²) >= 11 is 0. The van der Waals surface area contributed by atoms with Gasteiger partial charge in [-0.1, -0.05) is 45.6 Å². The number of amides is 2. The third-order valence-electron chi connectivity index (χ3n) is 7.43. The molecule has 7 nitrogen and oxygen atoms in total. The number of hydrogen-bond acceptors (Lipinski definition) is 4. The Morgan fingerprint density at radius 3 is 2.15 bits per heavy atom. The number of carboxylic acid groups (broad SMARTS) is 1. The highest BCUT2D eigenvalue weighted by Crippen LogP contribution is 2.29. The van der Waals surface area contributed by atoms with E-state index in [9.17, 15) is 19.5 Å². The zero-order valence-corrected chi connectivity index (χ0v) is 21.5. The molecule has 0 spiro atoms. The molecule has 2 fully saturated rings. The van der Waals surface area contributed by atoms with Gasteiger partial charge in [-0.25, -0.2) is 4.79 Å². The van der Waals surface area contributed by atoms with Crippen LogP contribution in [0.1, 0.15) is 86.0 Å². The zero-order chi connectivity index (χ0) is 24.7. The number of piperidine rings is 1. The van der Waals surface area contributed by atoms with E-state index in [1.54, 1.807) is 24.9 Å². The minimum atomic E-state index is -0.982. The van der Waals surface area contributed by atoms with Gasteiger partial charge in [0.2, 0.25) is 11.8 Å². The number of carboxylic acids is 1. The Morgan fingerprint density at radius 1 is 1.00 bits per heavy atom. The topological polar surface area (TPSA) is 90.0 Å². The summed E-state index contributed by atoms with van der Waals surface area (Å²) in [6.07, 6.45) is 9.77. The van der Waals surface area contributed by atoms with Crippen LogP contribution in [0.2, 0.25) is 0 Å². The summed E-state index contributed by atoms with van der Waals surface area (Å²) in [6.45, 7) is 10.7. The van der Waals surface area contributed by atoms with Crippen LogP contribution in [0.5, 0.6) is 0 Å². The van der Waals surface area contributed by atoms with E-state index >= 15 is 0 Å². The number of carbonyl (C=O) groups is 3. The molecule has 7 heteroatoms. The van der Waals surface area contributed by atoms with E-state index in [2.05, 4.69) is 24.1 Å². The number of likely N-dealkylation sites (N-methyl/N-ethyl adjacent to an activating group) is 1. The van der Waals surface area contributed by atoms with E-state index in [0.717, 1.165) is 51.5 Å². The predicted octanol–water partition coefficient (Wildman–Crippen LogP) is 3.83. The van der Waals surface area contributed by atoms with Crippen molar-refractivity contribution < 1.29 is 19.5 Å². The van der Waals surface area contributed by atoms with Crippen molar-refractivity contribution in [3.63, 3.8) is 0 Å². The lowest BCUT2D eigenvalue weighted by Gasteiger charge is -2.40. The Kier molecular flexibility index (Phi) is 10.4. The predicted molar refractivity (Wildman–Crippen MR) is 131 cm³/mol. The van der Waals surface area contributed by atoms with Gasteiger partial charge >= 0.3 is 5.97 Å². The highest BCUT2D eigenvalue weighted by atomic mass is 16.4. The normalized spacial score (nSPS) is 22.8. The minimum absolute atomic E-state index is 0.0425. The van der Waals surface area contributed by atoms with E-state index in [0.29, 0.717) is 0 Å². The Bertz CT molecular complexity index is 712. The summed E-state index contributed by atoms with van der Waals surface area (Å²) in [5.74, 6) is -0.976. The molecule has 1 saturated heterocycles. The second-order valence-electron chi connectivity index (χ2n) is 10.6. The summed E-state index contributed by atoms with van der Waals surface area (Å²) < 4.78 is 0. The molecule has 1 aliphatic carbocycles.